The van der Waals surface area contributed by atoms with Gasteiger partial charge in [-0.3, -0.25) is 4.90 Å². The van der Waals surface area contributed by atoms with Crippen LogP contribution in [-0.2, 0) is 6.42 Å². The Labute approximate surface area is 115 Å². The van der Waals surface area contributed by atoms with Gasteiger partial charge in [0.25, 0.3) is 0 Å². The van der Waals surface area contributed by atoms with E-state index in [0.29, 0.717) is 12.1 Å². The van der Waals surface area contributed by atoms with E-state index in [4.69, 9.17) is 11.6 Å². The first kappa shape index (κ1) is 13.9. The molecule has 1 heterocycles. The molecule has 1 fully saturated rings. The van der Waals surface area contributed by atoms with Crippen molar-refractivity contribution in [2.45, 2.75) is 38.3 Å². The quantitative estimate of drug-likeness (QED) is 0.882. The minimum absolute atomic E-state index is 0.604. The van der Waals surface area contributed by atoms with Crippen molar-refractivity contribution < 1.29 is 0 Å². The predicted octanol–water partition coefficient (Wildman–Crippen LogP) is 2.95. The minimum atomic E-state index is 0.604. The van der Waals surface area contributed by atoms with E-state index in [0.717, 1.165) is 18.0 Å². The van der Waals surface area contributed by atoms with Crippen molar-refractivity contribution in [3.63, 3.8) is 0 Å². The molecular weight excluding hydrogens is 244 g/mol. The van der Waals surface area contributed by atoms with Crippen molar-refractivity contribution in [1.82, 2.24) is 10.2 Å². The summed E-state index contributed by atoms with van der Waals surface area (Å²) in [7, 11) is 2.04. The highest BCUT2D eigenvalue weighted by Crippen LogP contribution is 2.22. The third kappa shape index (κ3) is 3.47. The summed E-state index contributed by atoms with van der Waals surface area (Å²) in [6, 6.07) is 9.56. The zero-order valence-electron chi connectivity index (χ0n) is 11.3. The lowest BCUT2D eigenvalue weighted by atomic mass is 10.1. The van der Waals surface area contributed by atoms with Gasteiger partial charge in [0.2, 0.25) is 0 Å². The van der Waals surface area contributed by atoms with Crippen molar-refractivity contribution in [3.05, 3.63) is 34.9 Å². The van der Waals surface area contributed by atoms with Crippen molar-refractivity contribution in [2.75, 3.05) is 20.1 Å². The summed E-state index contributed by atoms with van der Waals surface area (Å²) >= 11 is 5.92. The summed E-state index contributed by atoms with van der Waals surface area (Å²) < 4.78 is 0. The standard InChI is InChI=1S/C15H23ClN2/c1-12(10-13-5-7-14(16)8-6-13)18-9-3-4-15(18)11-17-2/h5-8,12,15,17H,3-4,9-11H2,1-2H3. The fourth-order valence-corrected chi connectivity index (χ4v) is 3.10. The molecule has 100 valence electrons. The molecule has 2 unspecified atom stereocenters. The molecule has 18 heavy (non-hydrogen) atoms. The Morgan fingerprint density at radius 2 is 2.11 bits per heavy atom. The van der Waals surface area contributed by atoms with Crippen molar-refractivity contribution in [2.24, 2.45) is 0 Å². The molecule has 0 radical (unpaired) electrons. The maximum absolute atomic E-state index is 5.92. The first-order chi connectivity index (χ1) is 8.70. The minimum Gasteiger partial charge on any atom is -0.318 e. The Morgan fingerprint density at radius 1 is 1.39 bits per heavy atom. The van der Waals surface area contributed by atoms with Gasteiger partial charge in [-0.05, 0) is 57.5 Å². The number of likely N-dealkylation sites (N-methyl/N-ethyl adjacent to an activating group) is 1. The van der Waals surface area contributed by atoms with Crippen molar-refractivity contribution in [1.29, 1.82) is 0 Å². The van der Waals surface area contributed by atoms with Gasteiger partial charge in [-0.1, -0.05) is 23.7 Å². The molecule has 1 aromatic carbocycles. The van der Waals surface area contributed by atoms with Crippen LogP contribution in [0, 0.1) is 0 Å². The van der Waals surface area contributed by atoms with Gasteiger partial charge in [0.1, 0.15) is 0 Å². The summed E-state index contributed by atoms with van der Waals surface area (Å²) in [5, 5.41) is 4.13. The molecule has 0 bridgehead atoms. The summed E-state index contributed by atoms with van der Waals surface area (Å²) in [5.74, 6) is 0. The van der Waals surface area contributed by atoms with Crippen LogP contribution in [0.25, 0.3) is 0 Å². The predicted molar refractivity (Wildman–Crippen MR) is 78.3 cm³/mol. The van der Waals surface area contributed by atoms with Crippen LogP contribution in [0.4, 0.5) is 0 Å². The number of likely N-dealkylation sites (tertiary alicyclic amines) is 1. The second-order valence-corrected chi connectivity index (χ2v) is 5.71. The zero-order valence-corrected chi connectivity index (χ0v) is 12.1. The van der Waals surface area contributed by atoms with Gasteiger partial charge < -0.3 is 5.32 Å². The Hall–Kier alpha value is -0.570. The Balaban J connectivity index is 1.94. The first-order valence-corrected chi connectivity index (χ1v) is 7.23. The summed E-state index contributed by atoms with van der Waals surface area (Å²) in [6.07, 6.45) is 3.76. The smallest absolute Gasteiger partial charge is 0.0406 e. The van der Waals surface area contributed by atoms with Gasteiger partial charge in [0, 0.05) is 23.7 Å². The molecule has 1 aliphatic heterocycles. The highest BCUT2D eigenvalue weighted by Gasteiger charge is 2.27. The van der Waals surface area contributed by atoms with Crippen LogP contribution in [0.3, 0.4) is 0 Å². The molecule has 0 aromatic heterocycles. The van der Waals surface area contributed by atoms with Gasteiger partial charge in [-0.15, -0.1) is 0 Å². The maximum Gasteiger partial charge on any atom is 0.0406 e. The third-order valence-corrected chi connectivity index (χ3v) is 4.12. The maximum atomic E-state index is 5.92. The number of hydrogen-bond donors (Lipinski definition) is 1. The van der Waals surface area contributed by atoms with E-state index >= 15 is 0 Å². The molecule has 0 spiro atoms. The van der Waals surface area contributed by atoms with Crippen LogP contribution in [0.15, 0.2) is 24.3 Å². The molecule has 0 saturated carbocycles. The average Bonchev–Trinajstić information content (AvgIpc) is 2.81. The molecule has 1 saturated heterocycles. The summed E-state index contributed by atoms with van der Waals surface area (Å²) in [4.78, 5) is 2.64. The number of nitrogens with zero attached hydrogens (tertiary/aromatic N) is 1. The van der Waals surface area contributed by atoms with Gasteiger partial charge in [0.15, 0.2) is 0 Å². The number of hydrogen-bond acceptors (Lipinski definition) is 2. The number of benzene rings is 1. The number of nitrogens with one attached hydrogen (secondary N) is 1. The largest absolute Gasteiger partial charge is 0.318 e. The molecule has 2 rings (SSSR count). The second kappa shape index (κ2) is 6.55. The van der Waals surface area contributed by atoms with E-state index in [2.05, 4.69) is 29.3 Å². The number of halogens is 1. The molecule has 3 heteroatoms. The van der Waals surface area contributed by atoms with E-state index in [-0.39, 0.29) is 0 Å². The summed E-state index contributed by atoms with van der Waals surface area (Å²) in [5.41, 5.74) is 1.38. The molecule has 1 aliphatic rings. The van der Waals surface area contributed by atoms with Crippen LogP contribution in [-0.4, -0.2) is 37.1 Å². The Kier molecular flexibility index (Phi) is 5.04. The lowest BCUT2D eigenvalue weighted by molar-refractivity contribution is 0.188. The highest BCUT2D eigenvalue weighted by atomic mass is 35.5. The second-order valence-electron chi connectivity index (χ2n) is 5.27. The van der Waals surface area contributed by atoms with Gasteiger partial charge in [-0.25, -0.2) is 0 Å². The average molecular weight is 267 g/mol. The third-order valence-electron chi connectivity index (χ3n) is 3.87. The molecule has 1 N–H and O–H groups in total. The SMILES string of the molecule is CNCC1CCCN1C(C)Cc1ccc(Cl)cc1. The van der Waals surface area contributed by atoms with Gasteiger partial charge >= 0.3 is 0 Å². The summed E-state index contributed by atoms with van der Waals surface area (Å²) in [6.45, 7) is 4.68. The van der Waals surface area contributed by atoms with E-state index in [1.807, 2.05) is 19.2 Å². The molecule has 1 aromatic rings. The Morgan fingerprint density at radius 3 is 2.78 bits per heavy atom. The lowest BCUT2D eigenvalue weighted by Gasteiger charge is -2.30. The van der Waals surface area contributed by atoms with E-state index in [1.54, 1.807) is 0 Å². The van der Waals surface area contributed by atoms with Crippen LogP contribution in [0.2, 0.25) is 5.02 Å². The first-order valence-electron chi connectivity index (χ1n) is 6.85. The molecule has 2 atom stereocenters. The molecule has 0 amide bonds. The molecular formula is C15H23ClN2. The van der Waals surface area contributed by atoms with Crippen LogP contribution in [0.1, 0.15) is 25.3 Å². The highest BCUT2D eigenvalue weighted by molar-refractivity contribution is 6.30. The monoisotopic (exact) mass is 266 g/mol. The van der Waals surface area contributed by atoms with E-state index in [9.17, 15) is 0 Å². The molecule has 2 nitrogen and oxygen atoms in total. The van der Waals surface area contributed by atoms with Gasteiger partial charge in [-0.2, -0.15) is 0 Å². The Bertz CT molecular complexity index is 363. The van der Waals surface area contributed by atoms with E-state index in [1.165, 1.54) is 24.9 Å². The van der Waals surface area contributed by atoms with Crippen molar-refractivity contribution in [3.8, 4) is 0 Å². The fourth-order valence-electron chi connectivity index (χ4n) is 2.97. The topological polar surface area (TPSA) is 15.3 Å². The molecule has 0 aliphatic carbocycles. The van der Waals surface area contributed by atoms with Crippen molar-refractivity contribution >= 4 is 11.6 Å². The number of rotatable bonds is 5. The zero-order chi connectivity index (χ0) is 13.0. The normalized spacial score (nSPS) is 22.3. The van der Waals surface area contributed by atoms with Gasteiger partial charge in [0.05, 0.1) is 0 Å². The van der Waals surface area contributed by atoms with Crippen LogP contribution >= 0.6 is 11.6 Å². The lowest BCUT2D eigenvalue weighted by Crippen LogP contribution is -2.43. The van der Waals surface area contributed by atoms with Crippen LogP contribution < -0.4 is 5.32 Å². The van der Waals surface area contributed by atoms with Crippen LogP contribution in [0.5, 0.6) is 0 Å². The fraction of sp³-hybridized carbons (Fsp3) is 0.600. The van der Waals surface area contributed by atoms with E-state index < -0.39 is 0 Å².